The maximum absolute atomic E-state index is 12.2. The first-order chi connectivity index (χ1) is 8.40. The van der Waals surface area contributed by atoms with Crippen LogP contribution in [0.15, 0.2) is 9.63 Å². The monoisotopic (exact) mass is 337 g/mol. The molecule has 0 unspecified atom stereocenters. The third kappa shape index (κ3) is 2.90. The van der Waals surface area contributed by atoms with E-state index in [1.165, 1.54) is 4.68 Å². The van der Waals surface area contributed by atoms with Gasteiger partial charge in [-0.2, -0.15) is 0 Å². The average molecular weight is 338 g/mol. The summed E-state index contributed by atoms with van der Waals surface area (Å²) in [5.41, 5.74) is 0. The van der Waals surface area contributed by atoms with Gasteiger partial charge in [0.15, 0.2) is 4.60 Å². The molecule has 1 N–H and O–H groups in total. The Kier molecular flexibility index (Phi) is 4.05. The van der Waals surface area contributed by atoms with E-state index in [0.717, 1.165) is 25.9 Å². The Morgan fingerprint density at radius 3 is 2.44 bits per heavy atom. The Balaban J connectivity index is 2.13. The summed E-state index contributed by atoms with van der Waals surface area (Å²) < 4.78 is 28.7. The van der Waals surface area contributed by atoms with Crippen molar-refractivity contribution in [3.63, 3.8) is 0 Å². The molecule has 0 saturated carbocycles. The van der Waals surface area contributed by atoms with E-state index in [4.69, 9.17) is 0 Å². The Bertz CT molecular complexity index is 502. The van der Waals surface area contributed by atoms with Gasteiger partial charge in [0.1, 0.15) is 0 Å². The summed E-state index contributed by atoms with van der Waals surface area (Å²) in [6.07, 6.45) is 1.64. The highest BCUT2D eigenvalue weighted by Gasteiger charge is 2.28. The fourth-order valence-electron chi connectivity index (χ4n) is 2.01. The van der Waals surface area contributed by atoms with Crippen molar-refractivity contribution in [3.8, 4) is 0 Å². The summed E-state index contributed by atoms with van der Waals surface area (Å²) in [6.45, 7) is 1.80. The van der Waals surface area contributed by atoms with E-state index in [0.29, 0.717) is 0 Å². The van der Waals surface area contributed by atoms with E-state index in [9.17, 15) is 8.42 Å². The summed E-state index contributed by atoms with van der Waals surface area (Å²) in [6, 6.07) is -0.0204. The van der Waals surface area contributed by atoms with Gasteiger partial charge in [-0.1, -0.05) is 5.21 Å². The molecule has 0 bridgehead atoms. The molecule has 1 fully saturated rings. The van der Waals surface area contributed by atoms with Crippen molar-refractivity contribution in [3.05, 3.63) is 4.60 Å². The molecule has 7 nitrogen and oxygen atoms in total. The topological polar surface area (TPSA) is 80.1 Å². The van der Waals surface area contributed by atoms with Crippen molar-refractivity contribution in [2.24, 2.45) is 7.05 Å². The zero-order valence-electron chi connectivity index (χ0n) is 10.3. The molecule has 0 spiro atoms. The van der Waals surface area contributed by atoms with Crippen molar-refractivity contribution in [1.29, 1.82) is 0 Å². The molecule has 1 aliphatic heterocycles. The van der Waals surface area contributed by atoms with Crippen LogP contribution in [0, 0.1) is 0 Å². The highest BCUT2D eigenvalue weighted by atomic mass is 79.9. The lowest BCUT2D eigenvalue weighted by Crippen LogP contribution is -2.43. The second-order valence-electron chi connectivity index (χ2n) is 4.51. The number of nitrogens with zero attached hydrogens (tertiary/aromatic N) is 4. The predicted molar refractivity (Wildman–Crippen MR) is 69.5 cm³/mol. The minimum Gasteiger partial charge on any atom is -0.306 e. The van der Waals surface area contributed by atoms with Gasteiger partial charge in [-0.05, 0) is 48.9 Å². The second-order valence-corrected chi connectivity index (χ2v) is 6.89. The van der Waals surface area contributed by atoms with Crippen molar-refractivity contribution < 1.29 is 8.42 Å². The quantitative estimate of drug-likeness (QED) is 0.836. The van der Waals surface area contributed by atoms with E-state index in [-0.39, 0.29) is 15.7 Å². The van der Waals surface area contributed by atoms with Crippen LogP contribution >= 0.6 is 15.9 Å². The molecule has 0 aliphatic carbocycles. The van der Waals surface area contributed by atoms with Crippen LogP contribution in [0.5, 0.6) is 0 Å². The molecular formula is C9H16BrN5O2S. The van der Waals surface area contributed by atoms with Crippen molar-refractivity contribution in [1.82, 2.24) is 24.6 Å². The van der Waals surface area contributed by atoms with Crippen LogP contribution < -0.4 is 4.72 Å². The van der Waals surface area contributed by atoms with Crippen LogP contribution in [0.25, 0.3) is 0 Å². The highest BCUT2D eigenvalue weighted by Crippen LogP contribution is 2.19. The summed E-state index contributed by atoms with van der Waals surface area (Å²) >= 11 is 3.11. The minimum absolute atomic E-state index is 0.0204. The molecule has 1 aliphatic rings. The number of aryl methyl sites for hydroxylation is 1. The van der Waals surface area contributed by atoms with Gasteiger partial charge < -0.3 is 4.90 Å². The zero-order chi connectivity index (χ0) is 13.3. The lowest BCUT2D eigenvalue weighted by molar-refractivity contribution is 0.248. The van der Waals surface area contributed by atoms with Crippen LogP contribution in [0.4, 0.5) is 0 Å². The summed E-state index contributed by atoms with van der Waals surface area (Å²) in [7, 11) is 0.0178. The molecule has 0 radical (unpaired) electrons. The lowest BCUT2D eigenvalue weighted by Gasteiger charge is -2.29. The third-order valence-electron chi connectivity index (χ3n) is 3.03. The largest absolute Gasteiger partial charge is 0.306 e. The number of likely N-dealkylation sites (tertiary alicyclic amines) is 1. The van der Waals surface area contributed by atoms with E-state index in [1.807, 2.05) is 7.05 Å². The number of halogens is 1. The van der Waals surface area contributed by atoms with Crippen molar-refractivity contribution in [2.75, 3.05) is 20.1 Å². The molecule has 1 saturated heterocycles. The fourth-order valence-corrected chi connectivity index (χ4v) is 4.41. The second kappa shape index (κ2) is 5.24. The molecule has 2 rings (SSSR count). The van der Waals surface area contributed by atoms with Gasteiger partial charge in [0, 0.05) is 13.1 Å². The fraction of sp³-hybridized carbons (Fsp3) is 0.778. The summed E-state index contributed by atoms with van der Waals surface area (Å²) in [5.74, 6) is 0. The van der Waals surface area contributed by atoms with Crippen LogP contribution in [0.1, 0.15) is 12.8 Å². The Morgan fingerprint density at radius 1 is 1.33 bits per heavy atom. The molecule has 0 atom stereocenters. The first-order valence-corrected chi connectivity index (χ1v) is 7.94. The van der Waals surface area contributed by atoms with Gasteiger partial charge in [0.2, 0.25) is 5.03 Å². The Labute approximate surface area is 115 Å². The van der Waals surface area contributed by atoms with E-state index in [2.05, 4.69) is 35.9 Å². The Hall–Kier alpha value is -0.510. The van der Waals surface area contributed by atoms with Gasteiger partial charge in [-0.3, -0.25) is 0 Å². The smallest absolute Gasteiger partial charge is 0.260 e. The van der Waals surface area contributed by atoms with E-state index < -0.39 is 10.0 Å². The number of sulfonamides is 1. The highest BCUT2D eigenvalue weighted by molar-refractivity contribution is 9.10. The predicted octanol–water partition coefficient (Wildman–Crippen LogP) is -0.0499. The van der Waals surface area contributed by atoms with Crippen molar-refractivity contribution in [2.45, 2.75) is 23.9 Å². The molecule has 0 aromatic carbocycles. The number of hydrogen-bond acceptors (Lipinski definition) is 5. The number of hydrogen-bond donors (Lipinski definition) is 1. The number of piperidine rings is 1. The first kappa shape index (κ1) is 13.9. The van der Waals surface area contributed by atoms with Crippen LogP contribution in [0.2, 0.25) is 0 Å². The van der Waals surface area contributed by atoms with Crippen LogP contribution in [-0.4, -0.2) is 54.5 Å². The molecule has 2 heterocycles. The number of nitrogens with one attached hydrogen (secondary N) is 1. The van der Waals surface area contributed by atoms with Gasteiger partial charge in [-0.25, -0.2) is 17.8 Å². The maximum Gasteiger partial charge on any atom is 0.260 e. The van der Waals surface area contributed by atoms with Gasteiger partial charge in [0.05, 0.1) is 0 Å². The standard InChI is InChI=1S/C9H16BrN5O2S/c1-14-5-3-7(4-6-14)12-18(16,17)9-8(10)11-13-15(9)2/h7,12H,3-6H2,1-2H3. The third-order valence-corrected chi connectivity index (χ3v) is 5.44. The normalized spacial score (nSPS) is 19.3. The first-order valence-electron chi connectivity index (χ1n) is 5.66. The van der Waals surface area contributed by atoms with E-state index in [1.54, 1.807) is 7.05 Å². The molecule has 102 valence electrons. The molecule has 18 heavy (non-hydrogen) atoms. The zero-order valence-corrected chi connectivity index (χ0v) is 12.7. The molecule has 0 amide bonds. The average Bonchev–Trinajstić information content (AvgIpc) is 2.62. The van der Waals surface area contributed by atoms with Crippen LogP contribution in [-0.2, 0) is 17.1 Å². The maximum atomic E-state index is 12.2. The summed E-state index contributed by atoms with van der Waals surface area (Å²) in [5, 5.41) is 7.44. The SMILES string of the molecule is CN1CCC(NS(=O)(=O)c2c(Br)nnn2C)CC1. The van der Waals surface area contributed by atoms with Crippen molar-refractivity contribution >= 4 is 26.0 Å². The molecule has 9 heteroatoms. The molecular weight excluding hydrogens is 322 g/mol. The Morgan fingerprint density at radius 2 is 1.94 bits per heavy atom. The molecule has 1 aromatic heterocycles. The molecule has 1 aromatic rings. The van der Waals surface area contributed by atoms with Gasteiger partial charge in [-0.15, -0.1) is 5.10 Å². The van der Waals surface area contributed by atoms with Gasteiger partial charge >= 0.3 is 0 Å². The number of aromatic nitrogens is 3. The van der Waals surface area contributed by atoms with Crippen LogP contribution in [0.3, 0.4) is 0 Å². The summed E-state index contributed by atoms with van der Waals surface area (Å²) in [4.78, 5) is 2.19. The van der Waals surface area contributed by atoms with E-state index >= 15 is 0 Å². The van der Waals surface area contributed by atoms with Gasteiger partial charge in [0.25, 0.3) is 10.0 Å². The number of rotatable bonds is 3. The lowest BCUT2D eigenvalue weighted by atomic mass is 10.1. The minimum atomic E-state index is -3.57.